The van der Waals surface area contributed by atoms with Crippen LogP contribution in [0.5, 0.6) is 0 Å². The summed E-state index contributed by atoms with van der Waals surface area (Å²) in [5.74, 6) is 0.780. The van der Waals surface area contributed by atoms with Gasteiger partial charge in [-0.2, -0.15) is 0 Å². The van der Waals surface area contributed by atoms with E-state index in [0.29, 0.717) is 13.2 Å². The van der Waals surface area contributed by atoms with Crippen LogP contribution in [0.25, 0.3) is 0 Å². The SMILES string of the molecule is CCCCOCCCN=C(NCC)N1CCCC(C(=O)OCC)C1.I. The van der Waals surface area contributed by atoms with Crippen LogP contribution in [-0.4, -0.2) is 62.8 Å². The van der Waals surface area contributed by atoms with E-state index in [-0.39, 0.29) is 35.9 Å². The van der Waals surface area contributed by atoms with Crippen molar-refractivity contribution in [3.8, 4) is 0 Å². The fraction of sp³-hybridized carbons (Fsp3) is 0.889. The Labute approximate surface area is 170 Å². The van der Waals surface area contributed by atoms with Gasteiger partial charge in [0.1, 0.15) is 0 Å². The van der Waals surface area contributed by atoms with Gasteiger partial charge in [0.2, 0.25) is 0 Å². The number of aliphatic imine (C=N–C) groups is 1. The molecule has 1 atom stereocenters. The number of esters is 1. The second-order valence-electron chi connectivity index (χ2n) is 6.09. The van der Waals surface area contributed by atoms with Crippen molar-refractivity contribution in [3.63, 3.8) is 0 Å². The summed E-state index contributed by atoms with van der Waals surface area (Å²) in [6.07, 6.45) is 5.11. The zero-order valence-corrected chi connectivity index (χ0v) is 18.4. The molecule has 6 nitrogen and oxygen atoms in total. The molecule has 148 valence electrons. The molecule has 1 aliphatic heterocycles. The number of rotatable bonds is 10. The third-order valence-corrected chi connectivity index (χ3v) is 4.03. The van der Waals surface area contributed by atoms with Crippen LogP contribution >= 0.6 is 24.0 Å². The van der Waals surface area contributed by atoms with Crippen LogP contribution in [0.1, 0.15) is 52.9 Å². The first-order valence-electron chi connectivity index (χ1n) is 9.50. The first-order chi connectivity index (χ1) is 11.7. The van der Waals surface area contributed by atoms with Gasteiger partial charge >= 0.3 is 5.97 Å². The zero-order chi connectivity index (χ0) is 17.6. The topological polar surface area (TPSA) is 63.2 Å². The number of halogens is 1. The monoisotopic (exact) mass is 469 g/mol. The van der Waals surface area contributed by atoms with E-state index in [2.05, 4.69) is 24.1 Å². The Morgan fingerprint density at radius 1 is 1.24 bits per heavy atom. The van der Waals surface area contributed by atoms with Gasteiger partial charge in [0, 0.05) is 39.4 Å². The predicted molar refractivity (Wildman–Crippen MR) is 113 cm³/mol. The van der Waals surface area contributed by atoms with Crippen molar-refractivity contribution in [2.75, 3.05) is 46.0 Å². The Hall–Kier alpha value is -0.570. The number of ether oxygens (including phenoxy) is 2. The number of nitrogens with zero attached hydrogens (tertiary/aromatic N) is 2. The molecule has 1 fully saturated rings. The summed E-state index contributed by atoms with van der Waals surface area (Å²) in [5, 5.41) is 3.34. The third-order valence-electron chi connectivity index (χ3n) is 4.03. The normalized spacial score (nSPS) is 17.8. The number of hydrogen-bond donors (Lipinski definition) is 1. The van der Waals surface area contributed by atoms with Crippen molar-refractivity contribution < 1.29 is 14.3 Å². The van der Waals surface area contributed by atoms with E-state index in [1.54, 1.807) is 0 Å². The smallest absolute Gasteiger partial charge is 0.310 e. The highest BCUT2D eigenvalue weighted by Crippen LogP contribution is 2.18. The van der Waals surface area contributed by atoms with Gasteiger partial charge in [0.25, 0.3) is 0 Å². The van der Waals surface area contributed by atoms with E-state index < -0.39 is 0 Å². The number of carbonyl (C=O) groups excluding carboxylic acids is 1. The van der Waals surface area contributed by atoms with Crippen molar-refractivity contribution in [2.45, 2.75) is 52.9 Å². The molecule has 0 aromatic rings. The minimum Gasteiger partial charge on any atom is -0.466 e. The molecular weight excluding hydrogens is 433 g/mol. The minimum absolute atomic E-state index is 0. The number of likely N-dealkylation sites (tertiary alicyclic amines) is 1. The number of nitrogens with one attached hydrogen (secondary N) is 1. The highest BCUT2D eigenvalue weighted by atomic mass is 127. The summed E-state index contributed by atoms with van der Waals surface area (Å²) in [7, 11) is 0. The second-order valence-corrected chi connectivity index (χ2v) is 6.09. The maximum Gasteiger partial charge on any atom is 0.310 e. The highest BCUT2D eigenvalue weighted by molar-refractivity contribution is 14.0. The van der Waals surface area contributed by atoms with Crippen LogP contribution in [0.4, 0.5) is 0 Å². The van der Waals surface area contributed by atoms with Crippen molar-refractivity contribution in [1.29, 1.82) is 0 Å². The summed E-state index contributed by atoms with van der Waals surface area (Å²) < 4.78 is 10.7. The summed E-state index contributed by atoms with van der Waals surface area (Å²) >= 11 is 0. The van der Waals surface area contributed by atoms with Gasteiger partial charge in [-0.3, -0.25) is 9.79 Å². The standard InChI is InChI=1S/C18H35N3O3.HI/c1-4-7-13-23-14-9-11-20-18(19-5-2)21-12-8-10-16(15-21)17(22)24-6-3;/h16H,4-15H2,1-3H3,(H,19,20);1H. The van der Waals surface area contributed by atoms with E-state index >= 15 is 0 Å². The number of carbonyl (C=O) groups is 1. The molecule has 0 bridgehead atoms. The van der Waals surface area contributed by atoms with Crippen LogP contribution < -0.4 is 5.32 Å². The fourth-order valence-electron chi connectivity index (χ4n) is 2.75. The summed E-state index contributed by atoms with van der Waals surface area (Å²) in [5.41, 5.74) is 0. The van der Waals surface area contributed by atoms with Gasteiger partial charge in [-0.05, 0) is 39.5 Å². The van der Waals surface area contributed by atoms with Crippen LogP contribution in [0.15, 0.2) is 4.99 Å². The molecule has 0 aromatic carbocycles. The van der Waals surface area contributed by atoms with E-state index in [9.17, 15) is 4.79 Å². The van der Waals surface area contributed by atoms with Crippen molar-refractivity contribution >= 4 is 35.9 Å². The quantitative estimate of drug-likeness (QED) is 0.175. The highest BCUT2D eigenvalue weighted by Gasteiger charge is 2.28. The van der Waals surface area contributed by atoms with Gasteiger partial charge in [-0.25, -0.2) is 0 Å². The number of hydrogen-bond acceptors (Lipinski definition) is 4. The molecule has 0 aliphatic carbocycles. The van der Waals surface area contributed by atoms with Gasteiger partial charge in [0.15, 0.2) is 5.96 Å². The maximum absolute atomic E-state index is 12.0. The number of unbranched alkanes of at least 4 members (excludes halogenated alkanes) is 1. The Morgan fingerprint density at radius 2 is 2.00 bits per heavy atom. The lowest BCUT2D eigenvalue weighted by Gasteiger charge is -2.34. The molecule has 1 heterocycles. The molecule has 1 N–H and O–H groups in total. The molecule has 0 amide bonds. The molecule has 1 saturated heterocycles. The van der Waals surface area contributed by atoms with Gasteiger partial charge < -0.3 is 19.7 Å². The lowest BCUT2D eigenvalue weighted by Crippen LogP contribution is -2.48. The van der Waals surface area contributed by atoms with Crippen LogP contribution in [-0.2, 0) is 14.3 Å². The minimum atomic E-state index is -0.0811. The van der Waals surface area contributed by atoms with E-state index in [4.69, 9.17) is 14.5 Å². The molecule has 0 aromatic heterocycles. The number of guanidine groups is 1. The second kappa shape index (κ2) is 15.7. The summed E-state index contributed by atoms with van der Waals surface area (Å²) in [6.45, 7) is 11.3. The van der Waals surface area contributed by atoms with E-state index in [1.165, 1.54) is 6.42 Å². The van der Waals surface area contributed by atoms with Crippen molar-refractivity contribution in [2.24, 2.45) is 10.9 Å². The molecule has 0 radical (unpaired) electrons. The van der Waals surface area contributed by atoms with Crippen LogP contribution in [0, 0.1) is 5.92 Å². The van der Waals surface area contributed by atoms with Gasteiger partial charge in [0.05, 0.1) is 12.5 Å². The molecule has 1 unspecified atom stereocenters. The largest absolute Gasteiger partial charge is 0.466 e. The Kier molecular flexibility index (Phi) is 15.3. The van der Waals surface area contributed by atoms with E-state index in [0.717, 1.165) is 64.5 Å². The third kappa shape index (κ3) is 10.2. The molecule has 7 heteroatoms. The molecule has 1 rings (SSSR count). The lowest BCUT2D eigenvalue weighted by molar-refractivity contribution is -0.149. The average molecular weight is 469 g/mol. The zero-order valence-electron chi connectivity index (χ0n) is 16.1. The van der Waals surface area contributed by atoms with Crippen LogP contribution in [0.3, 0.4) is 0 Å². The molecule has 1 aliphatic rings. The van der Waals surface area contributed by atoms with Crippen molar-refractivity contribution in [3.05, 3.63) is 0 Å². The predicted octanol–water partition coefficient (Wildman–Crippen LogP) is 3.05. The van der Waals surface area contributed by atoms with Crippen molar-refractivity contribution in [1.82, 2.24) is 10.2 Å². The Bertz CT molecular complexity index is 381. The van der Waals surface area contributed by atoms with Gasteiger partial charge in [-0.1, -0.05) is 13.3 Å². The molecule has 25 heavy (non-hydrogen) atoms. The number of piperidine rings is 1. The lowest BCUT2D eigenvalue weighted by atomic mass is 9.98. The first-order valence-corrected chi connectivity index (χ1v) is 9.50. The Morgan fingerprint density at radius 3 is 2.68 bits per heavy atom. The fourth-order valence-corrected chi connectivity index (χ4v) is 2.75. The van der Waals surface area contributed by atoms with Crippen LogP contribution in [0.2, 0.25) is 0 Å². The van der Waals surface area contributed by atoms with E-state index in [1.807, 2.05) is 6.92 Å². The maximum atomic E-state index is 12.0. The average Bonchev–Trinajstić information content (AvgIpc) is 2.60. The molecular formula is C18H36IN3O3. The molecule has 0 saturated carbocycles. The Balaban J connectivity index is 0.00000576. The summed E-state index contributed by atoms with van der Waals surface area (Å²) in [6, 6.07) is 0. The summed E-state index contributed by atoms with van der Waals surface area (Å²) in [4.78, 5) is 18.9. The molecule has 0 spiro atoms. The van der Waals surface area contributed by atoms with Gasteiger partial charge in [-0.15, -0.1) is 24.0 Å². The first kappa shape index (κ1) is 24.4.